The van der Waals surface area contributed by atoms with Crippen molar-refractivity contribution in [1.82, 2.24) is 0 Å². The summed E-state index contributed by atoms with van der Waals surface area (Å²) in [6.45, 7) is -0.117. The van der Waals surface area contributed by atoms with E-state index in [1.54, 1.807) is 18.2 Å². The van der Waals surface area contributed by atoms with Gasteiger partial charge in [-0.15, -0.1) is 0 Å². The number of carbonyl (C=O) groups is 1. The summed E-state index contributed by atoms with van der Waals surface area (Å²) in [6, 6.07) is 22.3. The summed E-state index contributed by atoms with van der Waals surface area (Å²) >= 11 is 11.9. The van der Waals surface area contributed by atoms with Crippen molar-refractivity contribution < 1.29 is 9.53 Å². The Morgan fingerprint density at radius 1 is 0.880 bits per heavy atom. The third kappa shape index (κ3) is 4.75. The normalized spacial score (nSPS) is 10.3. The first-order valence-corrected chi connectivity index (χ1v) is 8.40. The molecule has 0 spiro atoms. The number of hydrogen-bond acceptors (Lipinski definition) is 2. The van der Waals surface area contributed by atoms with E-state index in [1.807, 2.05) is 54.6 Å². The first kappa shape index (κ1) is 17.3. The number of rotatable bonds is 5. The number of anilines is 1. The minimum atomic E-state index is -0.291. The first-order valence-electron chi connectivity index (χ1n) is 7.65. The van der Waals surface area contributed by atoms with E-state index in [2.05, 4.69) is 5.32 Å². The molecule has 0 radical (unpaired) electrons. The maximum Gasteiger partial charge on any atom is 0.262 e. The van der Waals surface area contributed by atoms with E-state index in [0.29, 0.717) is 21.5 Å². The number of carbonyl (C=O) groups excluding carboxylic acids is 1. The Bertz CT molecular complexity index is 862. The Morgan fingerprint density at radius 3 is 2.24 bits per heavy atom. The predicted octanol–water partition coefficient (Wildman–Crippen LogP) is 5.68. The number of para-hydroxylation sites is 1. The van der Waals surface area contributed by atoms with Crippen molar-refractivity contribution in [3.8, 4) is 16.9 Å². The molecule has 25 heavy (non-hydrogen) atoms. The lowest BCUT2D eigenvalue weighted by Crippen LogP contribution is -2.20. The van der Waals surface area contributed by atoms with Crippen LogP contribution in [0, 0.1) is 0 Å². The Morgan fingerprint density at radius 2 is 1.52 bits per heavy atom. The molecular formula is C20H15Cl2NO2. The van der Waals surface area contributed by atoms with Gasteiger partial charge in [0.1, 0.15) is 5.75 Å². The Hall–Kier alpha value is -2.49. The van der Waals surface area contributed by atoms with E-state index >= 15 is 0 Å². The number of amides is 1. The van der Waals surface area contributed by atoms with E-state index in [4.69, 9.17) is 27.9 Å². The van der Waals surface area contributed by atoms with Gasteiger partial charge >= 0.3 is 0 Å². The zero-order valence-electron chi connectivity index (χ0n) is 13.2. The average molecular weight is 372 g/mol. The van der Waals surface area contributed by atoms with Gasteiger partial charge in [-0.3, -0.25) is 4.79 Å². The quantitative estimate of drug-likeness (QED) is 0.626. The van der Waals surface area contributed by atoms with Crippen LogP contribution in [-0.2, 0) is 4.79 Å². The van der Waals surface area contributed by atoms with E-state index in [1.165, 1.54) is 0 Å². The molecule has 3 rings (SSSR count). The SMILES string of the molecule is O=C(COc1ccccc1-c1ccccc1)Nc1cc(Cl)cc(Cl)c1. The van der Waals surface area contributed by atoms with Crippen molar-refractivity contribution in [2.75, 3.05) is 11.9 Å². The van der Waals surface area contributed by atoms with Crippen LogP contribution in [0.4, 0.5) is 5.69 Å². The van der Waals surface area contributed by atoms with Crippen molar-refractivity contribution in [3.05, 3.63) is 82.8 Å². The molecule has 0 unspecified atom stereocenters. The summed E-state index contributed by atoms with van der Waals surface area (Å²) in [6.07, 6.45) is 0. The van der Waals surface area contributed by atoms with Crippen LogP contribution in [-0.4, -0.2) is 12.5 Å². The maximum atomic E-state index is 12.1. The highest BCUT2D eigenvalue weighted by atomic mass is 35.5. The highest BCUT2D eigenvalue weighted by Crippen LogP contribution is 2.29. The molecule has 0 aliphatic heterocycles. The Balaban J connectivity index is 1.69. The molecule has 126 valence electrons. The highest BCUT2D eigenvalue weighted by molar-refractivity contribution is 6.35. The summed E-state index contributed by atoms with van der Waals surface area (Å²) in [5.74, 6) is 0.356. The first-order chi connectivity index (χ1) is 12.1. The molecule has 0 atom stereocenters. The van der Waals surface area contributed by atoms with Crippen LogP contribution in [0.2, 0.25) is 10.0 Å². The molecule has 0 fully saturated rings. The molecular weight excluding hydrogens is 357 g/mol. The smallest absolute Gasteiger partial charge is 0.262 e. The maximum absolute atomic E-state index is 12.1. The van der Waals surface area contributed by atoms with Crippen LogP contribution in [0.3, 0.4) is 0 Å². The molecule has 0 heterocycles. The predicted molar refractivity (Wildman–Crippen MR) is 102 cm³/mol. The van der Waals surface area contributed by atoms with Crippen LogP contribution < -0.4 is 10.1 Å². The molecule has 5 heteroatoms. The summed E-state index contributed by atoms with van der Waals surface area (Å²) in [4.78, 5) is 12.1. The lowest BCUT2D eigenvalue weighted by atomic mass is 10.1. The summed E-state index contributed by atoms with van der Waals surface area (Å²) in [5, 5.41) is 3.63. The van der Waals surface area contributed by atoms with Gasteiger partial charge in [-0.1, -0.05) is 71.7 Å². The largest absolute Gasteiger partial charge is 0.483 e. The fourth-order valence-corrected chi connectivity index (χ4v) is 2.94. The van der Waals surface area contributed by atoms with Crippen LogP contribution in [0.5, 0.6) is 5.75 Å². The van der Waals surface area contributed by atoms with Crippen molar-refractivity contribution in [2.24, 2.45) is 0 Å². The van der Waals surface area contributed by atoms with Crippen molar-refractivity contribution >= 4 is 34.8 Å². The standard InChI is InChI=1S/C20H15Cl2NO2/c21-15-10-16(22)12-17(11-15)23-20(24)13-25-19-9-5-4-8-18(19)14-6-2-1-3-7-14/h1-12H,13H2,(H,23,24). The molecule has 0 aliphatic carbocycles. The molecule has 0 aliphatic rings. The second kappa shape index (κ2) is 8.06. The summed E-state index contributed by atoms with van der Waals surface area (Å²) in [5.41, 5.74) is 2.49. The van der Waals surface area contributed by atoms with Crippen molar-refractivity contribution in [3.63, 3.8) is 0 Å². The minimum Gasteiger partial charge on any atom is -0.483 e. The number of nitrogens with one attached hydrogen (secondary N) is 1. The van der Waals surface area contributed by atoms with Gasteiger partial charge in [-0.2, -0.15) is 0 Å². The van der Waals surface area contributed by atoms with Gasteiger partial charge in [0.2, 0.25) is 0 Å². The number of ether oxygens (including phenoxy) is 1. The molecule has 0 saturated heterocycles. The van der Waals surface area contributed by atoms with Gasteiger partial charge in [0.25, 0.3) is 5.91 Å². The van der Waals surface area contributed by atoms with Gasteiger partial charge < -0.3 is 10.1 Å². The average Bonchev–Trinajstić information content (AvgIpc) is 2.60. The monoisotopic (exact) mass is 371 g/mol. The zero-order chi connectivity index (χ0) is 17.6. The lowest BCUT2D eigenvalue weighted by Gasteiger charge is -2.12. The topological polar surface area (TPSA) is 38.3 Å². The summed E-state index contributed by atoms with van der Waals surface area (Å²) in [7, 11) is 0. The number of benzene rings is 3. The second-order valence-corrected chi connectivity index (χ2v) is 6.23. The van der Waals surface area contributed by atoms with Crippen LogP contribution in [0.25, 0.3) is 11.1 Å². The van der Waals surface area contributed by atoms with Crippen molar-refractivity contribution in [1.29, 1.82) is 0 Å². The fraction of sp³-hybridized carbons (Fsp3) is 0.0500. The van der Waals surface area contributed by atoms with Crippen molar-refractivity contribution in [2.45, 2.75) is 0 Å². The van der Waals surface area contributed by atoms with Crippen LogP contribution in [0.15, 0.2) is 72.8 Å². The van der Waals surface area contributed by atoms with Gasteiger partial charge in [-0.05, 0) is 29.8 Å². The molecule has 3 aromatic rings. The van der Waals surface area contributed by atoms with Gasteiger partial charge in [0, 0.05) is 21.3 Å². The van der Waals surface area contributed by atoms with E-state index in [-0.39, 0.29) is 12.5 Å². The third-order valence-electron chi connectivity index (χ3n) is 3.48. The number of halogens is 2. The van der Waals surface area contributed by atoms with E-state index in [9.17, 15) is 4.79 Å². The molecule has 0 aromatic heterocycles. The van der Waals surface area contributed by atoms with E-state index in [0.717, 1.165) is 11.1 Å². The third-order valence-corrected chi connectivity index (χ3v) is 3.91. The highest BCUT2D eigenvalue weighted by Gasteiger charge is 2.09. The summed E-state index contributed by atoms with van der Waals surface area (Å²) < 4.78 is 5.71. The van der Waals surface area contributed by atoms with Gasteiger partial charge in [0.15, 0.2) is 6.61 Å². The Kier molecular flexibility index (Phi) is 5.59. The van der Waals surface area contributed by atoms with Gasteiger partial charge in [0.05, 0.1) is 0 Å². The second-order valence-electron chi connectivity index (χ2n) is 5.36. The van der Waals surface area contributed by atoms with Crippen LogP contribution in [0.1, 0.15) is 0 Å². The van der Waals surface area contributed by atoms with Crippen LogP contribution >= 0.6 is 23.2 Å². The molecule has 1 N–H and O–H groups in total. The zero-order valence-corrected chi connectivity index (χ0v) is 14.7. The lowest BCUT2D eigenvalue weighted by molar-refractivity contribution is -0.118. The molecule has 3 nitrogen and oxygen atoms in total. The fourth-order valence-electron chi connectivity index (χ4n) is 2.42. The molecule has 0 saturated carbocycles. The van der Waals surface area contributed by atoms with Gasteiger partial charge in [-0.25, -0.2) is 0 Å². The van der Waals surface area contributed by atoms with E-state index < -0.39 is 0 Å². The molecule has 3 aromatic carbocycles. The number of hydrogen-bond donors (Lipinski definition) is 1. The minimum absolute atomic E-state index is 0.117. The molecule has 0 bridgehead atoms. The Labute approximate surface area is 156 Å². The molecule has 1 amide bonds.